The molecule has 1 saturated heterocycles. The molecule has 1 aliphatic heterocycles. The summed E-state index contributed by atoms with van der Waals surface area (Å²) in [6.07, 6.45) is 28.5. The maximum Gasteiger partial charge on any atom is 0.0126 e. The van der Waals surface area contributed by atoms with Crippen LogP contribution in [0.4, 0.5) is 0 Å². The summed E-state index contributed by atoms with van der Waals surface area (Å²) < 4.78 is 0. The predicted molar refractivity (Wildman–Crippen MR) is 110 cm³/mol. The van der Waals surface area contributed by atoms with Crippen LogP contribution in [0.1, 0.15) is 122 Å². The molecular weight excluding hydrogens is 302 g/mol. The molecule has 1 N–H and O–H groups in total. The van der Waals surface area contributed by atoms with Crippen LogP contribution in [0.5, 0.6) is 0 Å². The van der Waals surface area contributed by atoms with Crippen molar-refractivity contribution in [3.05, 3.63) is 0 Å². The zero-order chi connectivity index (χ0) is 17.2. The van der Waals surface area contributed by atoms with Gasteiger partial charge in [0.05, 0.1) is 0 Å². The number of hydrogen-bond acceptors (Lipinski definition) is 1. The molecule has 0 aromatic heterocycles. The van der Waals surface area contributed by atoms with Crippen LogP contribution in [0.3, 0.4) is 0 Å². The van der Waals surface area contributed by atoms with Gasteiger partial charge >= 0.3 is 0 Å². The molecule has 2 saturated carbocycles. The number of rotatable bonds is 1. The van der Waals surface area contributed by atoms with Crippen molar-refractivity contribution in [3.8, 4) is 0 Å². The Balaban J connectivity index is 1.74. The molecule has 2 aliphatic carbocycles. The van der Waals surface area contributed by atoms with Gasteiger partial charge in [0, 0.05) is 6.04 Å². The molecule has 1 nitrogen and oxygen atoms in total. The lowest BCUT2D eigenvalue weighted by Gasteiger charge is -2.39. The molecule has 0 spiro atoms. The van der Waals surface area contributed by atoms with Gasteiger partial charge < -0.3 is 5.32 Å². The topological polar surface area (TPSA) is 12.0 Å². The molecule has 3 rings (SSSR count). The maximum atomic E-state index is 4.16. The average molecular weight is 348 g/mol. The third-order valence-corrected chi connectivity index (χ3v) is 7.72. The van der Waals surface area contributed by atoms with Gasteiger partial charge in [-0.3, -0.25) is 0 Å². The first kappa shape index (κ1) is 19.7. The Morgan fingerprint density at radius 2 is 0.840 bits per heavy atom. The van der Waals surface area contributed by atoms with Gasteiger partial charge in [0.1, 0.15) is 0 Å². The molecule has 146 valence electrons. The maximum absolute atomic E-state index is 4.16. The van der Waals surface area contributed by atoms with Crippen LogP contribution in [-0.2, 0) is 0 Å². The molecule has 3 aliphatic rings. The van der Waals surface area contributed by atoms with Gasteiger partial charge in [-0.1, -0.05) is 96.3 Å². The Morgan fingerprint density at radius 3 is 1.44 bits per heavy atom. The van der Waals surface area contributed by atoms with Gasteiger partial charge in [0.25, 0.3) is 0 Å². The van der Waals surface area contributed by atoms with E-state index in [4.69, 9.17) is 0 Å². The highest BCUT2D eigenvalue weighted by Crippen LogP contribution is 2.39. The van der Waals surface area contributed by atoms with E-state index in [-0.39, 0.29) is 0 Å². The van der Waals surface area contributed by atoms with E-state index >= 15 is 0 Å². The van der Waals surface area contributed by atoms with Crippen molar-refractivity contribution in [1.82, 2.24) is 5.32 Å². The van der Waals surface area contributed by atoms with Crippen molar-refractivity contribution in [1.29, 1.82) is 0 Å². The summed E-state index contributed by atoms with van der Waals surface area (Å²) in [6.45, 7) is 1.30. The lowest BCUT2D eigenvalue weighted by molar-refractivity contribution is 0.151. The molecule has 1 heterocycles. The van der Waals surface area contributed by atoms with E-state index in [2.05, 4.69) is 5.32 Å². The summed E-state index contributed by atoms with van der Waals surface area (Å²) in [4.78, 5) is 0. The first-order valence-electron chi connectivity index (χ1n) is 12.2. The second-order valence-corrected chi connectivity index (χ2v) is 9.56. The highest BCUT2D eigenvalue weighted by atomic mass is 14.9. The zero-order valence-corrected chi connectivity index (χ0v) is 17.0. The van der Waals surface area contributed by atoms with E-state index in [1.54, 1.807) is 0 Å². The van der Waals surface area contributed by atoms with Gasteiger partial charge in [0.15, 0.2) is 0 Å². The lowest BCUT2D eigenvalue weighted by Crippen LogP contribution is -2.45. The SMILES string of the molecule is C1CCCCC(C2CCCCCCC3CCCCCCNC32)CCC1. The number of hydrogen-bond donors (Lipinski definition) is 1. The van der Waals surface area contributed by atoms with Crippen molar-refractivity contribution in [2.24, 2.45) is 17.8 Å². The normalized spacial score (nSPS) is 35.3. The molecule has 0 aromatic rings. The Bertz CT molecular complexity index is 325. The quantitative estimate of drug-likeness (QED) is 0.527. The summed E-state index contributed by atoms with van der Waals surface area (Å²) in [5.74, 6) is 2.99. The van der Waals surface area contributed by atoms with Crippen LogP contribution in [-0.4, -0.2) is 12.6 Å². The van der Waals surface area contributed by atoms with Crippen LogP contribution in [0.25, 0.3) is 0 Å². The molecule has 25 heavy (non-hydrogen) atoms. The minimum atomic E-state index is 0.849. The molecule has 3 fully saturated rings. The van der Waals surface area contributed by atoms with Gasteiger partial charge in [-0.05, 0) is 50.0 Å². The van der Waals surface area contributed by atoms with Gasteiger partial charge in [-0.15, -0.1) is 0 Å². The minimum Gasteiger partial charge on any atom is -0.313 e. The Kier molecular flexibility index (Phi) is 9.17. The lowest BCUT2D eigenvalue weighted by atomic mass is 9.72. The molecule has 0 aromatic carbocycles. The first-order valence-corrected chi connectivity index (χ1v) is 12.2. The third-order valence-electron chi connectivity index (χ3n) is 7.72. The zero-order valence-electron chi connectivity index (χ0n) is 17.0. The van der Waals surface area contributed by atoms with Crippen molar-refractivity contribution < 1.29 is 0 Å². The minimum absolute atomic E-state index is 0.849. The molecule has 3 atom stereocenters. The Labute approximate surface area is 158 Å². The molecular formula is C24H45N. The van der Waals surface area contributed by atoms with Gasteiger partial charge in [0.2, 0.25) is 0 Å². The fourth-order valence-corrected chi connectivity index (χ4v) is 6.27. The van der Waals surface area contributed by atoms with Gasteiger partial charge in [-0.25, -0.2) is 0 Å². The molecule has 3 unspecified atom stereocenters. The van der Waals surface area contributed by atoms with Crippen LogP contribution >= 0.6 is 0 Å². The second kappa shape index (κ2) is 11.6. The molecule has 0 bridgehead atoms. The standard InChI is InChI=1S/C24H45N/c1-2-4-10-16-21(15-9-3-1)23-19-13-6-5-11-17-22-18-12-7-8-14-20-25-24(22)23/h21-25H,1-20H2. The highest BCUT2D eigenvalue weighted by Gasteiger charge is 2.34. The molecule has 0 radical (unpaired) electrons. The van der Waals surface area contributed by atoms with Crippen molar-refractivity contribution in [2.45, 2.75) is 128 Å². The smallest absolute Gasteiger partial charge is 0.0126 e. The second-order valence-electron chi connectivity index (χ2n) is 9.56. The summed E-state index contributed by atoms with van der Waals surface area (Å²) in [6, 6.07) is 0.849. The summed E-state index contributed by atoms with van der Waals surface area (Å²) >= 11 is 0. The van der Waals surface area contributed by atoms with Crippen LogP contribution in [0, 0.1) is 17.8 Å². The van der Waals surface area contributed by atoms with Crippen LogP contribution in [0.2, 0.25) is 0 Å². The van der Waals surface area contributed by atoms with E-state index in [1.807, 2.05) is 0 Å². The van der Waals surface area contributed by atoms with E-state index < -0.39 is 0 Å². The fraction of sp³-hybridized carbons (Fsp3) is 1.00. The molecule has 0 amide bonds. The summed E-state index contributed by atoms with van der Waals surface area (Å²) in [5, 5.41) is 4.16. The highest BCUT2D eigenvalue weighted by molar-refractivity contribution is 4.89. The fourth-order valence-electron chi connectivity index (χ4n) is 6.27. The third kappa shape index (κ3) is 6.56. The van der Waals surface area contributed by atoms with E-state index in [1.165, 1.54) is 129 Å². The van der Waals surface area contributed by atoms with E-state index in [0.717, 1.165) is 23.8 Å². The first-order chi connectivity index (χ1) is 12.4. The largest absolute Gasteiger partial charge is 0.313 e. The summed E-state index contributed by atoms with van der Waals surface area (Å²) in [5.41, 5.74) is 0. The number of nitrogens with one attached hydrogen (secondary N) is 1. The average Bonchev–Trinajstić information content (AvgIpc) is 2.87. The van der Waals surface area contributed by atoms with Crippen LogP contribution < -0.4 is 5.32 Å². The van der Waals surface area contributed by atoms with Gasteiger partial charge in [-0.2, -0.15) is 0 Å². The van der Waals surface area contributed by atoms with Crippen molar-refractivity contribution in [2.75, 3.05) is 6.54 Å². The van der Waals surface area contributed by atoms with E-state index in [9.17, 15) is 0 Å². The van der Waals surface area contributed by atoms with Crippen molar-refractivity contribution >= 4 is 0 Å². The predicted octanol–water partition coefficient (Wildman–Crippen LogP) is 7.25. The summed E-state index contributed by atoms with van der Waals surface area (Å²) in [7, 11) is 0. The monoisotopic (exact) mass is 347 g/mol. The van der Waals surface area contributed by atoms with Crippen LogP contribution in [0.15, 0.2) is 0 Å². The number of fused-ring (bicyclic) bond motifs is 1. The molecule has 1 heteroatoms. The Hall–Kier alpha value is -0.0400. The van der Waals surface area contributed by atoms with Crippen molar-refractivity contribution in [3.63, 3.8) is 0 Å². The van der Waals surface area contributed by atoms with E-state index in [0.29, 0.717) is 0 Å². The Morgan fingerprint density at radius 1 is 0.400 bits per heavy atom.